The molecule has 8 heteroatoms. The third kappa shape index (κ3) is 4.15. The molecule has 23 heavy (non-hydrogen) atoms. The highest BCUT2D eigenvalue weighted by molar-refractivity contribution is 6.33. The third-order valence-electron chi connectivity index (χ3n) is 4.54. The van der Waals surface area contributed by atoms with Crippen LogP contribution in [0.2, 0.25) is 5.02 Å². The van der Waals surface area contributed by atoms with Gasteiger partial charge in [-0.2, -0.15) is 0 Å². The second-order valence-electron chi connectivity index (χ2n) is 5.79. The summed E-state index contributed by atoms with van der Waals surface area (Å²) in [6, 6.07) is 3.38. The van der Waals surface area contributed by atoms with E-state index in [-0.39, 0.29) is 36.8 Å². The van der Waals surface area contributed by atoms with E-state index >= 15 is 0 Å². The van der Waals surface area contributed by atoms with E-state index in [4.69, 9.17) is 22.1 Å². The van der Waals surface area contributed by atoms with Gasteiger partial charge < -0.3 is 20.7 Å². The molecular formula is C15H22Cl3N3O2. The van der Waals surface area contributed by atoms with E-state index in [0.717, 1.165) is 32.5 Å². The Morgan fingerprint density at radius 1 is 1.35 bits per heavy atom. The van der Waals surface area contributed by atoms with Crippen LogP contribution < -0.4 is 15.8 Å². The zero-order chi connectivity index (χ0) is 15.0. The number of nitrogens with one attached hydrogen (secondary N) is 1. The van der Waals surface area contributed by atoms with Crippen molar-refractivity contribution < 1.29 is 9.53 Å². The van der Waals surface area contributed by atoms with E-state index in [1.54, 1.807) is 12.1 Å². The first-order valence-electron chi connectivity index (χ1n) is 7.24. The number of nitrogens with zero attached hydrogens (tertiary/aromatic N) is 1. The van der Waals surface area contributed by atoms with Crippen molar-refractivity contribution in [3.8, 4) is 5.75 Å². The minimum atomic E-state index is -0.146. The number of nitrogen functional groups attached to an aromatic ring is 1. The Morgan fingerprint density at radius 3 is 2.52 bits per heavy atom. The molecule has 0 radical (unpaired) electrons. The minimum Gasteiger partial charge on any atom is -0.496 e. The number of nitrogens with two attached hydrogens (primary N) is 1. The van der Waals surface area contributed by atoms with E-state index in [1.807, 2.05) is 0 Å². The Labute approximate surface area is 153 Å². The number of benzene rings is 1. The van der Waals surface area contributed by atoms with E-state index in [0.29, 0.717) is 27.9 Å². The van der Waals surface area contributed by atoms with Crippen LogP contribution in [0.25, 0.3) is 0 Å². The number of fused-ring (bicyclic) bond motifs is 3. The van der Waals surface area contributed by atoms with Crippen molar-refractivity contribution in [3.05, 3.63) is 22.7 Å². The van der Waals surface area contributed by atoms with Gasteiger partial charge in [0.2, 0.25) is 0 Å². The number of carbonyl (C=O) groups is 1. The second-order valence-corrected chi connectivity index (χ2v) is 6.20. The number of hydrogen-bond acceptors (Lipinski definition) is 4. The molecule has 0 saturated carbocycles. The summed E-state index contributed by atoms with van der Waals surface area (Å²) in [4.78, 5) is 14.9. The number of piperidine rings is 3. The van der Waals surface area contributed by atoms with Crippen molar-refractivity contribution in [2.75, 3.05) is 32.5 Å². The van der Waals surface area contributed by atoms with E-state index < -0.39 is 0 Å². The number of hydrogen-bond donors (Lipinski definition) is 2. The molecule has 2 bridgehead atoms. The lowest BCUT2D eigenvalue weighted by molar-refractivity contribution is 0.0619. The van der Waals surface area contributed by atoms with Crippen LogP contribution in [0, 0.1) is 5.92 Å². The maximum absolute atomic E-state index is 12.5. The molecule has 4 rings (SSSR count). The predicted molar refractivity (Wildman–Crippen MR) is 97.3 cm³/mol. The number of amides is 1. The molecule has 3 heterocycles. The van der Waals surface area contributed by atoms with Crippen molar-refractivity contribution in [1.29, 1.82) is 0 Å². The van der Waals surface area contributed by atoms with E-state index in [1.165, 1.54) is 7.11 Å². The van der Waals surface area contributed by atoms with Gasteiger partial charge in [-0.1, -0.05) is 11.6 Å². The van der Waals surface area contributed by atoms with Crippen LogP contribution in [0.3, 0.4) is 0 Å². The van der Waals surface area contributed by atoms with Gasteiger partial charge in [0.25, 0.3) is 5.91 Å². The number of rotatable bonds is 3. The number of ether oxygens (including phenoxy) is 1. The highest BCUT2D eigenvalue weighted by atomic mass is 35.5. The lowest BCUT2D eigenvalue weighted by Gasteiger charge is -2.44. The molecule has 3 aliphatic heterocycles. The van der Waals surface area contributed by atoms with Crippen LogP contribution in [0.5, 0.6) is 5.75 Å². The summed E-state index contributed by atoms with van der Waals surface area (Å²) < 4.78 is 5.24. The zero-order valence-electron chi connectivity index (χ0n) is 12.9. The first kappa shape index (κ1) is 20.2. The summed E-state index contributed by atoms with van der Waals surface area (Å²) in [5.41, 5.74) is 6.60. The highest BCUT2D eigenvalue weighted by Crippen LogP contribution is 2.31. The van der Waals surface area contributed by atoms with Crippen molar-refractivity contribution >= 4 is 48.0 Å². The van der Waals surface area contributed by atoms with Crippen LogP contribution in [-0.2, 0) is 0 Å². The van der Waals surface area contributed by atoms with Gasteiger partial charge in [0, 0.05) is 18.7 Å². The largest absolute Gasteiger partial charge is 0.496 e. The van der Waals surface area contributed by atoms with Crippen LogP contribution in [0.4, 0.5) is 5.69 Å². The summed E-state index contributed by atoms with van der Waals surface area (Å²) in [6.45, 7) is 3.23. The lowest BCUT2D eigenvalue weighted by Crippen LogP contribution is -2.57. The van der Waals surface area contributed by atoms with Crippen LogP contribution in [0.1, 0.15) is 23.2 Å². The van der Waals surface area contributed by atoms with Crippen molar-refractivity contribution in [1.82, 2.24) is 10.2 Å². The fourth-order valence-electron chi connectivity index (χ4n) is 3.29. The Hall–Kier alpha value is -0.880. The molecule has 1 amide bonds. The smallest absolute Gasteiger partial charge is 0.255 e. The molecule has 0 unspecified atom stereocenters. The van der Waals surface area contributed by atoms with Gasteiger partial charge in [-0.05, 0) is 37.9 Å². The molecule has 130 valence electrons. The molecule has 0 aromatic heterocycles. The summed E-state index contributed by atoms with van der Waals surface area (Å²) in [7, 11) is 1.52. The molecule has 1 aromatic rings. The first-order chi connectivity index (χ1) is 10.1. The molecule has 3 N–H and O–H groups in total. The van der Waals surface area contributed by atoms with E-state index in [2.05, 4.69) is 10.2 Å². The van der Waals surface area contributed by atoms with Gasteiger partial charge in [-0.3, -0.25) is 4.79 Å². The molecule has 3 aliphatic rings. The van der Waals surface area contributed by atoms with Crippen LogP contribution in [-0.4, -0.2) is 43.6 Å². The average molecular weight is 383 g/mol. The Balaban J connectivity index is 0.00000132. The fraction of sp³-hybridized carbons (Fsp3) is 0.533. The molecular weight excluding hydrogens is 361 g/mol. The number of anilines is 1. The third-order valence-corrected chi connectivity index (χ3v) is 4.86. The lowest BCUT2D eigenvalue weighted by atomic mass is 9.84. The van der Waals surface area contributed by atoms with Gasteiger partial charge in [0.15, 0.2) is 0 Å². The molecule has 0 aliphatic carbocycles. The highest BCUT2D eigenvalue weighted by Gasteiger charge is 2.35. The van der Waals surface area contributed by atoms with Crippen LogP contribution >= 0.6 is 36.4 Å². The number of methoxy groups -OCH3 is 1. The minimum absolute atomic E-state index is 0. The standard InChI is InChI=1S/C15H20ClN3O2.2ClH/c1-21-14-7-12(17)11(16)6-10(14)15(20)18-13-8-19-4-2-9(13)3-5-19;;/h6-7,9,13H,2-5,8,17H2,1H3,(H,18,20);2*1H/t13-;;/m1../s1. The maximum Gasteiger partial charge on any atom is 0.255 e. The van der Waals surface area contributed by atoms with Crippen molar-refractivity contribution in [3.63, 3.8) is 0 Å². The number of carbonyl (C=O) groups excluding carboxylic acids is 1. The quantitative estimate of drug-likeness (QED) is 0.789. The molecule has 1 aromatic carbocycles. The van der Waals surface area contributed by atoms with Gasteiger partial charge >= 0.3 is 0 Å². The average Bonchev–Trinajstić information content (AvgIpc) is 2.50. The Bertz CT molecular complexity index is 563. The second kappa shape index (κ2) is 8.29. The van der Waals surface area contributed by atoms with Gasteiger partial charge in [-0.15, -0.1) is 24.8 Å². The Morgan fingerprint density at radius 2 is 2.00 bits per heavy atom. The fourth-order valence-corrected chi connectivity index (χ4v) is 3.45. The first-order valence-corrected chi connectivity index (χ1v) is 7.62. The molecule has 5 nitrogen and oxygen atoms in total. The molecule has 3 fully saturated rings. The zero-order valence-corrected chi connectivity index (χ0v) is 15.3. The summed E-state index contributed by atoms with van der Waals surface area (Å²) >= 11 is 6.02. The van der Waals surface area contributed by atoms with Gasteiger partial charge in [0.1, 0.15) is 5.75 Å². The monoisotopic (exact) mass is 381 g/mol. The van der Waals surface area contributed by atoms with E-state index in [9.17, 15) is 4.79 Å². The molecule has 1 atom stereocenters. The SMILES string of the molecule is COc1cc(N)c(Cl)cc1C(=O)N[C@@H]1CN2CCC1CC2.Cl.Cl. The molecule has 0 spiro atoms. The summed E-state index contributed by atoms with van der Waals surface area (Å²) in [5.74, 6) is 0.886. The van der Waals surface area contributed by atoms with Gasteiger partial charge in [0.05, 0.1) is 23.4 Å². The number of halogens is 3. The Kier molecular flexibility index (Phi) is 7.27. The summed E-state index contributed by atoms with van der Waals surface area (Å²) in [6.07, 6.45) is 2.31. The maximum atomic E-state index is 12.5. The topological polar surface area (TPSA) is 67.6 Å². The summed E-state index contributed by atoms with van der Waals surface area (Å²) in [5, 5.41) is 3.50. The van der Waals surface area contributed by atoms with Crippen molar-refractivity contribution in [2.24, 2.45) is 5.92 Å². The van der Waals surface area contributed by atoms with Crippen molar-refractivity contribution in [2.45, 2.75) is 18.9 Å². The molecule has 3 saturated heterocycles. The normalized spacial score (nSPS) is 25.0. The van der Waals surface area contributed by atoms with Gasteiger partial charge in [-0.25, -0.2) is 0 Å². The predicted octanol–water partition coefficient (Wildman–Crippen LogP) is 2.60. The van der Waals surface area contributed by atoms with Crippen LogP contribution in [0.15, 0.2) is 12.1 Å².